The summed E-state index contributed by atoms with van der Waals surface area (Å²) in [7, 11) is -3.75. The van der Waals surface area contributed by atoms with Crippen LogP contribution in [-0.4, -0.2) is 18.6 Å². The van der Waals surface area contributed by atoms with Crippen LogP contribution in [0.2, 0.25) is 8.67 Å². The van der Waals surface area contributed by atoms with Gasteiger partial charge in [-0.25, -0.2) is 8.42 Å². The molecule has 0 aliphatic carbocycles. The number of aryl methyl sites for hydroxylation is 1. The zero-order valence-electron chi connectivity index (χ0n) is 9.20. The number of hydrogen-bond acceptors (Lipinski definition) is 4. The second kappa shape index (κ2) is 5.08. The summed E-state index contributed by atoms with van der Waals surface area (Å²) in [6.45, 7) is 1.90. The largest absolute Gasteiger partial charge is 0.265 e. The molecule has 0 saturated heterocycles. The fourth-order valence-corrected chi connectivity index (χ4v) is 4.57. The van der Waals surface area contributed by atoms with Crippen molar-refractivity contribution in [2.75, 3.05) is 4.72 Å². The van der Waals surface area contributed by atoms with Crippen LogP contribution in [-0.2, 0) is 16.4 Å². The monoisotopic (exact) mass is 325 g/mol. The normalized spacial score (nSPS) is 11.7. The molecule has 0 radical (unpaired) electrons. The Morgan fingerprint density at radius 1 is 1.50 bits per heavy atom. The first-order valence-corrected chi connectivity index (χ1v) is 7.99. The number of rotatable bonds is 4. The Bertz CT molecular complexity index is 663. The average Bonchev–Trinajstić information content (AvgIpc) is 2.84. The van der Waals surface area contributed by atoms with Gasteiger partial charge in [0.05, 0.1) is 10.5 Å². The molecule has 0 spiro atoms. The van der Waals surface area contributed by atoms with Gasteiger partial charge in [-0.2, -0.15) is 5.10 Å². The summed E-state index contributed by atoms with van der Waals surface area (Å²) < 4.78 is 27.1. The van der Waals surface area contributed by atoms with E-state index in [4.69, 9.17) is 23.2 Å². The highest BCUT2D eigenvalue weighted by Gasteiger charge is 2.22. The molecule has 0 unspecified atom stereocenters. The van der Waals surface area contributed by atoms with Crippen LogP contribution in [0.15, 0.2) is 17.2 Å². The van der Waals surface area contributed by atoms with Crippen molar-refractivity contribution in [1.29, 1.82) is 0 Å². The average molecular weight is 326 g/mol. The Balaban J connectivity index is 2.36. The minimum atomic E-state index is -3.75. The molecule has 0 aromatic carbocycles. The Hall–Kier alpha value is -0.760. The summed E-state index contributed by atoms with van der Waals surface area (Å²) >= 11 is 12.6. The number of sulfonamides is 1. The maximum Gasteiger partial charge on any atom is 0.265 e. The number of nitrogens with one attached hydrogen (secondary N) is 2. The number of nitrogens with zero attached hydrogens (tertiary/aromatic N) is 1. The Morgan fingerprint density at radius 2 is 2.22 bits per heavy atom. The molecule has 2 heterocycles. The third-order valence-electron chi connectivity index (χ3n) is 2.25. The number of H-pyrrole nitrogens is 1. The van der Waals surface area contributed by atoms with Crippen LogP contribution in [0.1, 0.15) is 12.5 Å². The summed E-state index contributed by atoms with van der Waals surface area (Å²) in [5.41, 5.74) is 0.774. The van der Waals surface area contributed by atoms with E-state index in [9.17, 15) is 8.42 Å². The molecule has 2 N–H and O–H groups in total. The molecule has 2 aromatic rings. The molecule has 0 atom stereocenters. The van der Waals surface area contributed by atoms with Crippen LogP contribution in [0.25, 0.3) is 0 Å². The Kier molecular flexibility index (Phi) is 3.86. The molecule has 0 aliphatic rings. The summed E-state index contributed by atoms with van der Waals surface area (Å²) in [6, 6.07) is 1.32. The van der Waals surface area contributed by atoms with Crippen molar-refractivity contribution in [1.82, 2.24) is 10.2 Å². The van der Waals surface area contributed by atoms with Gasteiger partial charge in [-0.05, 0) is 12.5 Å². The van der Waals surface area contributed by atoms with Gasteiger partial charge in [-0.15, -0.1) is 11.3 Å². The molecule has 2 rings (SSSR count). The van der Waals surface area contributed by atoms with E-state index in [0.717, 1.165) is 16.9 Å². The third kappa shape index (κ3) is 2.64. The summed E-state index contributed by atoms with van der Waals surface area (Å²) in [5.74, 6) is 0.343. The van der Waals surface area contributed by atoms with E-state index in [1.165, 1.54) is 6.07 Å². The smallest absolute Gasteiger partial charge is 0.263 e. The zero-order valence-corrected chi connectivity index (χ0v) is 12.3. The predicted molar refractivity (Wildman–Crippen MR) is 73.1 cm³/mol. The second-order valence-electron chi connectivity index (χ2n) is 3.42. The quantitative estimate of drug-likeness (QED) is 0.906. The standard InChI is InChI=1S/C9H9Cl2N3O2S2/c1-2-5-4-12-13-9(5)14-18(15,16)6-3-7(10)17-8(6)11/h3-4H,2H2,1H3,(H2,12,13,14). The number of aromatic nitrogens is 2. The molecule has 0 aliphatic heterocycles. The number of thiophene rings is 1. The van der Waals surface area contributed by atoms with Crippen molar-refractivity contribution >= 4 is 50.4 Å². The molecule has 0 fully saturated rings. The molecule has 0 saturated carbocycles. The molecule has 0 bridgehead atoms. The number of hydrogen-bond donors (Lipinski definition) is 2. The summed E-state index contributed by atoms with van der Waals surface area (Å²) in [5, 5.41) is 6.39. The SMILES string of the molecule is CCc1cn[nH]c1NS(=O)(=O)c1cc(Cl)sc1Cl. The van der Waals surface area contributed by atoms with Gasteiger partial charge in [-0.3, -0.25) is 9.82 Å². The van der Waals surface area contributed by atoms with Crippen LogP contribution in [0.5, 0.6) is 0 Å². The van der Waals surface area contributed by atoms with Gasteiger partial charge in [0, 0.05) is 5.56 Å². The van der Waals surface area contributed by atoms with Gasteiger partial charge < -0.3 is 0 Å². The van der Waals surface area contributed by atoms with Gasteiger partial charge in [0.25, 0.3) is 10.0 Å². The van der Waals surface area contributed by atoms with Crippen molar-refractivity contribution in [2.24, 2.45) is 0 Å². The zero-order chi connectivity index (χ0) is 13.3. The summed E-state index contributed by atoms with van der Waals surface area (Å²) in [6.07, 6.45) is 2.23. The number of anilines is 1. The highest BCUT2D eigenvalue weighted by atomic mass is 35.5. The first-order valence-electron chi connectivity index (χ1n) is 4.94. The van der Waals surface area contributed by atoms with Crippen molar-refractivity contribution in [3.8, 4) is 0 Å². The number of aromatic amines is 1. The van der Waals surface area contributed by atoms with Crippen LogP contribution in [0, 0.1) is 0 Å². The van der Waals surface area contributed by atoms with Crippen LogP contribution in [0.4, 0.5) is 5.82 Å². The molecule has 5 nitrogen and oxygen atoms in total. The lowest BCUT2D eigenvalue weighted by Crippen LogP contribution is -2.13. The van der Waals surface area contributed by atoms with Gasteiger partial charge in [0.1, 0.15) is 15.0 Å². The molecular weight excluding hydrogens is 317 g/mol. The number of halogens is 2. The van der Waals surface area contributed by atoms with E-state index in [0.29, 0.717) is 16.6 Å². The second-order valence-corrected chi connectivity index (χ2v) is 7.35. The van der Waals surface area contributed by atoms with Gasteiger partial charge >= 0.3 is 0 Å². The van der Waals surface area contributed by atoms with Crippen molar-refractivity contribution < 1.29 is 8.42 Å². The van der Waals surface area contributed by atoms with E-state index in [2.05, 4.69) is 14.9 Å². The van der Waals surface area contributed by atoms with Gasteiger partial charge in [0.15, 0.2) is 0 Å². The lowest BCUT2D eigenvalue weighted by Gasteiger charge is -2.06. The van der Waals surface area contributed by atoms with E-state index in [1.807, 2.05) is 6.92 Å². The Morgan fingerprint density at radius 3 is 2.78 bits per heavy atom. The van der Waals surface area contributed by atoms with Crippen molar-refractivity contribution in [3.63, 3.8) is 0 Å². The van der Waals surface area contributed by atoms with Gasteiger partial charge in [0.2, 0.25) is 0 Å². The van der Waals surface area contributed by atoms with E-state index < -0.39 is 10.0 Å². The fourth-order valence-electron chi connectivity index (χ4n) is 1.37. The van der Waals surface area contributed by atoms with Crippen LogP contribution >= 0.6 is 34.5 Å². The first-order chi connectivity index (χ1) is 8.44. The summed E-state index contributed by atoms with van der Waals surface area (Å²) in [4.78, 5) is -0.0316. The lowest BCUT2D eigenvalue weighted by molar-refractivity contribution is 0.601. The van der Waals surface area contributed by atoms with Crippen molar-refractivity contribution in [2.45, 2.75) is 18.2 Å². The molecule has 0 amide bonds. The highest BCUT2D eigenvalue weighted by molar-refractivity contribution is 7.93. The topological polar surface area (TPSA) is 74.8 Å². The van der Waals surface area contributed by atoms with E-state index in [-0.39, 0.29) is 9.23 Å². The maximum atomic E-state index is 12.1. The first kappa shape index (κ1) is 13.7. The van der Waals surface area contributed by atoms with Crippen molar-refractivity contribution in [3.05, 3.63) is 26.5 Å². The third-order valence-corrected chi connectivity index (χ3v) is 5.35. The highest BCUT2D eigenvalue weighted by Crippen LogP contribution is 2.35. The lowest BCUT2D eigenvalue weighted by atomic mass is 10.3. The molecular formula is C9H9Cl2N3O2S2. The van der Waals surface area contributed by atoms with Gasteiger partial charge in [-0.1, -0.05) is 30.1 Å². The van der Waals surface area contributed by atoms with E-state index in [1.54, 1.807) is 6.20 Å². The van der Waals surface area contributed by atoms with Crippen LogP contribution < -0.4 is 4.72 Å². The van der Waals surface area contributed by atoms with E-state index >= 15 is 0 Å². The predicted octanol–water partition coefficient (Wildman–Crippen LogP) is 3.14. The molecule has 2 aromatic heterocycles. The Labute approximate surface area is 118 Å². The molecule has 18 heavy (non-hydrogen) atoms. The minimum absolute atomic E-state index is 0.0316. The fraction of sp³-hybridized carbons (Fsp3) is 0.222. The molecule has 9 heteroatoms. The maximum absolute atomic E-state index is 12.1. The van der Waals surface area contributed by atoms with Crippen LogP contribution in [0.3, 0.4) is 0 Å². The molecule has 98 valence electrons. The minimum Gasteiger partial charge on any atom is -0.263 e.